The van der Waals surface area contributed by atoms with Crippen LogP contribution in [0.4, 0.5) is 17.2 Å². The lowest BCUT2D eigenvalue weighted by Crippen LogP contribution is -2.20. The van der Waals surface area contributed by atoms with E-state index in [2.05, 4.69) is 15.0 Å². The average molecular weight is 386 g/mol. The van der Waals surface area contributed by atoms with Gasteiger partial charge in [0, 0.05) is 18.8 Å². The zero-order chi connectivity index (χ0) is 19.0. The molecule has 2 N–H and O–H groups in total. The van der Waals surface area contributed by atoms with Gasteiger partial charge in [-0.1, -0.05) is 12.8 Å². The molecule has 8 heteroatoms. The molecular weight excluding hydrogens is 364 g/mol. The molecule has 0 spiro atoms. The topological polar surface area (TPSA) is 91.4 Å². The minimum atomic E-state index is -3.77. The van der Waals surface area contributed by atoms with Gasteiger partial charge in [0.25, 0.3) is 10.0 Å². The first-order valence-corrected chi connectivity index (χ1v) is 10.6. The van der Waals surface area contributed by atoms with Crippen molar-refractivity contribution in [2.24, 2.45) is 0 Å². The molecule has 0 atom stereocenters. The molecule has 1 aliphatic heterocycles. The van der Waals surface area contributed by atoms with Crippen molar-refractivity contribution in [3.8, 4) is 0 Å². The standard InChI is InChI=1S/C19H22N4O3S/c1-23-17-8-7-16(10-13(17)11-19(23)24)27(25,26)22-18-9-6-15(12-20-18)21-14-4-2-3-5-14/h6-10,12,14,21H,2-5,11H2,1H3,(H,20,22). The molecule has 1 aromatic carbocycles. The molecule has 1 aliphatic carbocycles. The number of hydrogen-bond donors (Lipinski definition) is 2. The summed E-state index contributed by atoms with van der Waals surface area (Å²) < 4.78 is 27.8. The van der Waals surface area contributed by atoms with Gasteiger partial charge in [-0.15, -0.1) is 0 Å². The van der Waals surface area contributed by atoms with E-state index in [1.54, 1.807) is 31.4 Å². The third kappa shape index (κ3) is 3.62. The van der Waals surface area contributed by atoms with Crippen LogP contribution in [0.1, 0.15) is 31.2 Å². The summed E-state index contributed by atoms with van der Waals surface area (Å²) in [4.78, 5) is 17.7. The van der Waals surface area contributed by atoms with Gasteiger partial charge >= 0.3 is 0 Å². The predicted octanol–water partition coefficient (Wildman–Crippen LogP) is 2.76. The van der Waals surface area contributed by atoms with Crippen LogP contribution in [0.2, 0.25) is 0 Å². The summed E-state index contributed by atoms with van der Waals surface area (Å²) >= 11 is 0. The maximum Gasteiger partial charge on any atom is 0.263 e. The first kappa shape index (κ1) is 17.8. The van der Waals surface area contributed by atoms with E-state index in [9.17, 15) is 13.2 Å². The first-order chi connectivity index (χ1) is 12.9. The normalized spacial score (nSPS) is 17.2. The Labute approximate surface area is 158 Å². The number of amides is 1. The molecule has 27 heavy (non-hydrogen) atoms. The van der Waals surface area contributed by atoms with Gasteiger partial charge < -0.3 is 10.2 Å². The highest BCUT2D eigenvalue weighted by molar-refractivity contribution is 7.92. The summed E-state index contributed by atoms with van der Waals surface area (Å²) in [6.07, 6.45) is 6.66. The summed E-state index contributed by atoms with van der Waals surface area (Å²) in [6.45, 7) is 0. The van der Waals surface area contributed by atoms with Crippen LogP contribution in [0.25, 0.3) is 0 Å². The van der Waals surface area contributed by atoms with Crippen LogP contribution in [-0.4, -0.2) is 32.4 Å². The Morgan fingerprint density at radius 2 is 1.93 bits per heavy atom. The number of sulfonamides is 1. The number of fused-ring (bicyclic) bond motifs is 1. The highest BCUT2D eigenvalue weighted by Crippen LogP contribution is 2.30. The SMILES string of the molecule is CN1C(=O)Cc2cc(S(=O)(=O)Nc3ccc(NC4CCCC4)cn3)ccc21. The molecule has 1 aromatic heterocycles. The second kappa shape index (κ2) is 6.84. The number of pyridine rings is 1. The van der Waals surface area contributed by atoms with Crippen LogP contribution in [0.5, 0.6) is 0 Å². The van der Waals surface area contributed by atoms with Gasteiger partial charge in [-0.2, -0.15) is 0 Å². The quantitative estimate of drug-likeness (QED) is 0.824. The molecule has 0 bridgehead atoms. The van der Waals surface area contributed by atoms with Crippen LogP contribution in [0, 0.1) is 0 Å². The smallest absolute Gasteiger partial charge is 0.263 e. The molecule has 1 fully saturated rings. The van der Waals surface area contributed by atoms with Crippen LogP contribution < -0.4 is 14.9 Å². The van der Waals surface area contributed by atoms with E-state index in [0.29, 0.717) is 6.04 Å². The van der Waals surface area contributed by atoms with Crippen molar-refractivity contribution in [3.05, 3.63) is 42.1 Å². The molecule has 2 aromatic rings. The maximum atomic E-state index is 12.7. The Morgan fingerprint density at radius 1 is 1.15 bits per heavy atom. The second-order valence-electron chi connectivity index (χ2n) is 7.08. The van der Waals surface area contributed by atoms with Gasteiger partial charge in [-0.25, -0.2) is 13.4 Å². The van der Waals surface area contributed by atoms with E-state index < -0.39 is 10.0 Å². The van der Waals surface area contributed by atoms with Crippen molar-refractivity contribution in [1.82, 2.24) is 4.98 Å². The van der Waals surface area contributed by atoms with Crippen LogP contribution in [0.3, 0.4) is 0 Å². The highest BCUT2D eigenvalue weighted by atomic mass is 32.2. The van der Waals surface area contributed by atoms with Crippen molar-refractivity contribution in [2.45, 2.75) is 43.0 Å². The minimum Gasteiger partial charge on any atom is -0.381 e. The number of benzene rings is 1. The van der Waals surface area contributed by atoms with E-state index in [4.69, 9.17) is 0 Å². The van der Waals surface area contributed by atoms with E-state index in [1.807, 2.05) is 6.07 Å². The molecule has 0 unspecified atom stereocenters. The largest absolute Gasteiger partial charge is 0.381 e. The van der Waals surface area contributed by atoms with Crippen molar-refractivity contribution in [2.75, 3.05) is 22.0 Å². The molecule has 7 nitrogen and oxygen atoms in total. The molecule has 1 saturated carbocycles. The fourth-order valence-corrected chi connectivity index (χ4v) is 4.71. The molecular formula is C19H22N4O3S. The minimum absolute atomic E-state index is 0.0421. The monoisotopic (exact) mass is 386 g/mol. The number of anilines is 3. The van der Waals surface area contributed by atoms with Gasteiger partial charge in [0.15, 0.2) is 0 Å². The van der Waals surface area contributed by atoms with Crippen molar-refractivity contribution in [1.29, 1.82) is 0 Å². The molecule has 1 amide bonds. The van der Waals surface area contributed by atoms with Gasteiger partial charge in [0.05, 0.1) is 23.2 Å². The Bertz CT molecular complexity index is 967. The molecule has 4 rings (SSSR count). The number of likely N-dealkylation sites (N-methyl/N-ethyl adjacent to an activating group) is 1. The fourth-order valence-electron chi connectivity index (χ4n) is 3.66. The molecule has 0 saturated heterocycles. The van der Waals surface area contributed by atoms with Crippen LogP contribution in [-0.2, 0) is 21.2 Å². The van der Waals surface area contributed by atoms with Crippen molar-refractivity contribution >= 4 is 33.1 Å². The lowest BCUT2D eigenvalue weighted by Gasteiger charge is -2.14. The Hall–Kier alpha value is -2.61. The summed E-state index contributed by atoms with van der Waals surface area (Å²) in [5.41, 5.74) is 2.36. The maximum absolute atomic E-state index is 12.7. The molecule has 2 aliphatic rings. The van der Waals surface area contributed by atoms with Crippen molar-refractivity contribution < 1.29 is 13.2 Å². The number of carbonyl (C=O) groups is 1. The average Bonchev–Trinajstić information content (AvgIpc) is 3.25. The number of aromatic nitrogens is 1. The van der Waals surface area contributed by atoms with Crippen molar-refractivity contribution in [3.63, 3.8) is 0 Å². The Balaban J connectivity index is 1.48. The summed E-state index contributed by atoms with van der Waals surface area (Å²) in [6, 6.07) is 8.68. The Morgan fingerprint density at radius 3 is 2.63 bits per heavy atom. The van der Waals surface area contributed by atoms with Gasteiger partial charge in [-0.05, 0) is 48.7 Å². The van der Waals surface area contributed by atoms with Gasteiger partial charge in [0.2, 0.25) is 5.91 Å². The fraction of sp³-hybridized carbons (Fsp3) is 0.368. The second-order valence-corrected chi connectivity index (χ2v) is 8.77. The van der Waals surface area contributed by atoms with Gasteiger partial charge in [-0.3, -0.25) is 9.52 Å². The Kier molecular flexibility index (Phi) is 4.51. The number of rotatable bonds is 5. The number of nitrogens with one attached hydrogen (secondary N) is 2. The van der Waals surface area contributed by atoms with E-state index in [0.717, 1.165) is 29.8 Å². The lowest BCUT2D eigenvalue weighted by atomic mass is 10.2. The van der Waals surface area contributed by atoms with E-state index in [1.165, 1.54) is 23.8 Å². The highest BCUT2D eigenvalue weighted by Gasteiger charge is 2.26. The zero-order valence-electron chi connectivity index (χ0n) is 15.1. The molecule has 142 valence electrons. The third-order valence-corrected chi connectivity index (χ3v) is 6.52. The molecule has 0 radical (unpaired) electrons. The summed E-state index contributed by atoms with van der Waals surface area (Å²) in [7, 11) is -2.08. The summed E-state index contributed by atoms with van der Waals surface area (Å²) in [5, 5.41) is 3.42. The number of nitrogens with zero attached hydrogens (tertiary/aromatic N) is 2. The van der Waals surface area contributed by atoms with Crippen LogP contribution >= 0.6 is 0 Å². The number of hydrogen-bond acceptors (Lipinski definition) is 5. The van der Waals surface area contributed by atoms with Crippen LogP contribution in [0.15, 0.2) is 41.4 Å². The molecule has 2 heterocycles. The zero-order valence-corrected chi connectivity index (χ0v) is 15.9. The summed E-state index contributed by atoms with van der Waals surface area (Å²) in [5.74, 6) is 0.222. The van der Waals surface area contributed by atoms with E-state index in [-0.39, 0.29) is 23.0 Å². The van der Waals surface area contributed by atoms with Gasteiger partial charge in [0.1, 0.15) is 5.82 Å². The third-order valence-electron chi connectivity index (χ3n) is 5.17. The number of carbonyl (C=O) groups excluding carboxylic acids is 1. The first-order valence-electron chi connectivity index (χ1n) is 9.07. The predicted molar refractivity (Wildman–Crippen MR) is 104 cm³/mol. The lowest BCUT2D eigenvalue weighted by molar-refractivity contribution is -0.117. The van der Waals surface area contributed by atoms with E-state index >= 15 is 0 Å².